The minimum Gasteiger partial charge on any atom is -0.352 e. The number of amides is 1. The molecule has 134 valence electrons. The van der Waals surface area contributed by atoms with E-state index in [0.29, 0.717) is 11.8 Å². The van der Waals surface area contributed by atoms with E-state index >= 15 is 0 Å². The number of nitrogens with one attached hydrogen (secondary N) is 1. The Balaban J connectivity index is 1.73. The number of rotatable bonds is 2. The van der Waals surface area contributed by atoms with Crippen molar-refractivity contribution in [3.05, 3.63) is 81.9 Å². The average molecular weight is 345 g/mol. The second-order valence-corrected chi connectivity index (χ2v) is 7.88. The fourth-order valence-corrected chi connectivity index (χ4v) is 4.50. The van der Waals surface area contributed by atoms with Gasteiger partial charge in [0.15, 0.2) is 0 Å². The van der Waals surface area contributed by atoms with Gasteiger partial charge in [-0.05, 0) is 62.5 Å². The van der Waals surface area contributed by atoms with Crippen molar-refractivity contribution in [2.45, 2.75) is 51.4 Å². The molecule has 2 nitrogen and oxygen atoms in total. The van der Waals surface area contributed by atoms with Crippen molar-refractivity contribution in [3.63, 3.8) is 0 Å². The van der Waals surface area contributed by atoms with Gasteiger partial charge < -0.3 is 5.32 Å². The van der Waals surface area contributed by atoms with Crippen LogP contribution >= 0.6 is 0 Å². The molecule has 2 aromatic carbocycles. The number of allylic oxidation sites excluding steroid dienone is 1. The van der Waals surface area contributed by atoms with Crippen molar-refractivity contribution < 1.29 is 4.79 Å². The standard InChI is InChI=1S/C24H27NO/c1-16-5-9-18(10-6-16)22-14-20(21-4-3-13-25-24(21)26)15-23(22)19-11-7-17(2)8-12-19/h5-12,22-23H,3-4,13-15H2,1-2H3,(H,25,26)/t22-,23+. The number of carbonyl (C=O) groups is 1. The molecule has 1 aliphatic carbocycles. The molecule has 1 aliphatic heterocycles. The molecule has 1 saturated carbocycles. The Kier molecular flexibility index (Phi) is 4.67. The highest BCUT2D eigenvalue weighted by Gasteiger charge is 2.35. The molecule has 26 heavy (non-hydrogen) atoms. The topological polar surface area (TPSA) is 29.1 Å². The van der Waals surface area contributed by atoms with Crippen LogP contribution in [0.1, 0.15) is 59.8 Å². The van der Waals surface area contributed by atoms with E-state index in [1.54, 1.807) is 0 Å². The lowest BCUT2D eigenvalue weighted by Gasteiger charge is -2.20. The van der Waals surface area contributed by atoms with E-state index in [-0.39, 0.29) is 5.91 Å². The second-order valence-electron chi connectivity index (χ2n) is 7.88. The molecule has 0 unspecified atom stereocenters. The normalized spacial score (nSPS) is 26.0. The minimum absolute atomic E-state index is 0.165. The molecule has 1 N–H and O–H groups in total. The smallest absolute Gasteiger partial charge is 0.247 e. The Morgan fingerprint density at radius 1 is 0.808 bits per heavy atom. The zero-order chi connectivity index (χ0) is 18.1. The second kappa shape index (κ2) is 7.11. The van der Waals surface area contributed by atoms with E-state index in [4.69, 9.17) is 0 Å². The Morgan fingerprint density at radius 3 is 1.77 bits per heavy atom. The quantitative estimate of drug-likeness (QED) is 0.747. The zero-order valence-corrected chi connectivity index (χ0v) is 15.7. The summed E-state index contributed by atoms with van der Waals surface area (Å²) >= 11 is 0. The lowest BCUT2D eigenvalue weighted by Crippen LogP contribution is -2.31. The summed E-state index contributed by atoms with van der Waals surface area (Å²) in [4.78, 5) is 12.4. The van der Waals surface area contributed by atoms with Crippen LogP contribution in [0.2, 0.25) is 0 Å². The molecule has 0 radical (unpaired) electrons. The zero-order valence-electron chi connectivity index (χ0n) is 15.7. The molecule has 2 atom stereocenters. The van der Waals surface area contributed by atoms with E-state index in [9.17, 15) is 4.79 Å². The summed E-state index contributed by atoms with van der Waals surface area (Å²) in [6.07, 6.45) is 4.01. The fourth-order valence-electron chi connectivity index (χ4n) is 4.50. The maximum absolute atomic E-state index is 12.4. The number of carbonyl (C=O) groups excluding carboxylic acids is 1. The predicted octanol–water partition coefficient (Wildman–Crippen LogP) is 5.17. The molecule has 2 fully saturated rings. The fraction of sp³-hybridized carbons (Fsp3) is 0.375. The lowest BCUT2D eigenvalue weighted by atomic mass is 9.84. The van der Waals surface area contributed by atoms with E-state index < -0.39 is 0 Å². The summed E-state index contributed by atoms with van der Waals surface area (Å²) in [6.45, 7) is 5.09. The van der Waals surface area contributed by atoms with Gasteiger partial charge >= 0.3 is 0 Å². The Labute approximate surface area is 156 Å². The first-order chi connectivity index (χ1) is 12.6. The van der Waals surface area contributed by atoms with Gasteiger partial charge in [0, 0.05) is 12.1 Å². The Hall–Kier alpha value is -2.35. The molecule has 0 spiro atoms. The number of benzene rings is 2. The summed E-state index contributed by atoms with van der Waals surface area (Å²) in [5, 5.41) is 3.04. The summed E-state index contributed by atoms with van der Waals surface area (Å²) < 4.78 is 0. The van der Waals surface area contributed by atoms with Gasteiger partial charge in [-0.25, -0.2) is 0 Å². The third-order valence-corrected chi connectivity index (χ3v) is 6.02. The third-order valence-electron chi connectivity index (χ3n) is 6.02. The number of aryl methyl sites for hydroxylation is 2. The summed E-state index contributed by atoms with van der Waals surface area (Å²) in [7, 11) is 0. The SMILES string of the molecule is Cc1ccc([C@H]2CC(=C3CCCNC3=O)C[C@H]2c2ccc(C)cc2)cc1. The van der Waals surface area contributed by atoms with Crippen molar-refractivity contribution in [2.75, 3.05) is 6.54 Å². The summed E-state index contributed by atoms with van der Waals surface area (Å²) in [6, 6.07) is 17.9. The highest BCUT2D eigenvalue weighted by atomic mass is 16.1. The van der Waals surface area contributed by atoms with Gasteiger partial charge in [-0.2, -0.15) is 0 Å². The van der Waals surface area contributed by atoms with Crippen molar-refractivity contribution in [2.24, 2.45) is 0 Å². The van der Waals surface area contributed by atoms with Gasteiger partial charge in [0.1, 0.15) is 0 Å². The van der Waals surface area contributed by atoms with Gasteiger partial charge in [0.25, 0.3) is 0 Å². The first-order valence-electron chi connectivity index (χ1n) is 9.74. The van der Waals surface area contributed by atoms with Crippen molar-refractivity contribution in [1.29, 1.82) is 0 Å². The van der Waals surface area contributed by atoms with Crippen LogP contribution in [0.4, 0.5) is 0 Å². The highest BCUT2D eigenvalue weighted by Crippen LogP contribution is 2.50. The maximum atomic E-state index is 12.4. The molecule has 1 heterocycles. The van der Waals surface area contributed by atoms with E-state index in [0.717, 1.165) is 37.8 Å². The molecule has 2 aliphatic rings. The molecule has 2 aromatic rings. The van der Waals surface area contributed by atoms with Crippen LogP contribution in [0.25, 0.3) is 0 Å². The van der Waals surface area contributed by atoms with Crippen LogP contribution in [0, 0.1) is 13.8 Å². The lowest BCUT2D eigenvalue weighted by molar-refractivity contribution is -0.118. The molecule has 0 aromatic heterocycles. The van der Waals surface area contributed by atoms with Gasteiger partial charge in [-0.3, -0.25) is 4.79 Å². The van der Waals surface area contributed by atoms with Crippen LogP contribution in [0.15, 0.2) is 59.7 Å². The van der Waals surface area contributed by atoms with Crippen LogP contribution < -0.4 is 5.32 Å². The first kappa shape index (κ1) is 17.1. The van der Waals surface area contributed by atoms with E-state index in [2.05, 4.69) is 67.7 Å². The number of hydrogen-bond donors (Lipinski definition) is 1. The number of hydrogen-bond acceptors (Lipinski definition) is 1. The Bertz CT molecular complexity index is 774. The summed E-state index contributed by atoms with van der Waals surface area (Å²) in [5.41, 5.74) is 7.81. The van der Waals surface area contributed by atoms with Crippen molar-refractivity contribution in [3.8, 4) is 0 Å². The van der Waals surface area contributed by atoms with Crippen molar-refractivity contribution in [1.82, 2.24) is 5.32 Å². The molecular weight excluding hydrogens is 318 g/mol. The number of piperidine rings is 1. The first-order valence-corrected chi connectivity index (χ1v) is 9.74. The van der Waals surface area contributed by atoms with E-state index in [1.165, 1.54) is 27.8 Å². The third kappa shape index (κ3) is 3.33. The Morgan fingerprint density at radius 2 is 1.31 bits per heavy atom. The molecule has 1 saturated heterocycles. The monoisotopic (exact) mass is 345 g/mol. The van der Waals surface area contributed by atoms with Gasteiger partial charge in [0.05, 0.1) is 0 Å². The van der Waals surface area contributed by atoms with Crippen LogP contribution in [-0.2, 0) is 4.79 Å². The van der Waals surface area contributed by atoms with Crippen molar-refractivity contribution >= 4 is 5.91 Å². The molecule has 0 bridgehead atoms. The highest BCUT2D eigenvalue weighted by molar-refractivity contribution is 5.95. The van der Waals surface area contributed by atoms with Gasteiger partial charge in [0.2, 0.25) is 5.91 Å². The van der Waals surface area contributed by atoms with Gasteiger partial charge in [-0.15, -0.1) is 0 Å². The average Bonchev–Trinajstić information content (AvgIpc) is 3.08. The predicted molar refractivity (Wildman–Crippen MR) is 106 cm³/mol. The summed E-state index contributed by atoms with van der Waals surface area (Å²) in [5.74, 6) is 1.07. The van der Waals surface area contributed by atoms with E-state index in [1.807, 2.05) is 0 Å². The maximum Gasteiger partial charge on any atom is 0.247 e. The van der Waals surface area contributed by atoms with Crippen LogP contribution in [0.3, 0.4) is 0 Å². The molecular formula is C24H27NO. The molecule has 2 heteroatoms. The van der Waals surface area contributed by atoms with Gasteiger partial charge in [-0.1, -0.05) is 65.2 Å². The largest absolute Gasteiger partial charge is 0.352 e. The van der Waals surface area contributed by atoms with Crippen LogP contribution in [-0.4, -0.2) is 12.5 Å². The molecule has 4 rings (SSSR count). The van der Waals surface area contributed by atoms with Crippen LogP contribution in [0.5, 0.6) is 0 Å². The molecule has 1 amide bonds. The minimum atomic E-state index is 0.165.